The number of unbranched alkanes of at least 4 members (excludes halogenated alkanes) is 11. The third-order valence-electron chi connectivity index (χ3n) is 17.3. The molecule has 2 aromatic heterocycles. The number of anilines is 3. The summed E-state index contributed by atoms with van der Waals surface area (Å²) in [6.07, 6.45) is 15.4. The Morgan fingerprint density at radius 3 is 1.91 bits per heavy atom. The number of rotatable bonds is 29. The van der Waals surface area contributed by atoms with Crippen molar-refractivity contribution in [3.05, 3.63) is 120 Å². The number of amides is 6. The standard InChI is InChI=1S/C69H86FN9O9S/c1-46-62(89-45-73-46)48-22-20-47(21-23-48)43-72-64(83)57-40-52(80)44-79(57)65(84)63(68(2,3)4)76-60(81)18-16-14-12-10-8-6-7-9-11-13-15-17-19-61(82)78-38-36-77(37-39-78)56-42-55-54(41-59(56)87-5)58(32-35-71-55)88-53-30-28-51(29-31-53)75-67(86)69(33-34-69)66(85)74-50-26-24-49(70)25-27-50/h20-32,35,41-42,45,52,57,63,80H,6-19,33-34,36-40,43-44H2,1-5H3,(H,72,83)(H,74,85)(H,75,86)(H,76,81)/t52-,57+,63-/m1/s1. The van der Waals surface area contributed by atoms with Crippen LogP contribution in [0.3, 0.4) is 0 Å². The second-order valence-corrected chi connectivity index (χ2v) is 25.9. The van der Waals surface area contributed by atoms with Gasteiger partial charge in [-0.05, 0) is 116 Å². The van der Waals surface area contributed by atoms with Gasteiger partial charge in [-0.3, -0.25) is 33.8 Å². The highest BCUT2D eigenvalue weighted by Crippen LogP contribution is 2.48. The molecule has 4 heterocycles. The van der Waals surface area contributed by atoms with Gasteiger partial charge in [0.05, 0.1) is 40.5 Å². The number of aliphatic hydroxyl groups is 1. The first-order valence-electron chi connectivity index (χ1n) is 31.6. The van der Waals surface area contributed by atoms with Crippen LogP contribution >= 0.6 is 11.3 Å². The van der Waals surface area contributed by atoms with Crippen molar-refractivity contribution in [1.29, 1.82) is 0 Å². The number of nitrogens with zero attached hydrogens (tertiary/aromatic N) is 5. The van der Waals surface area contributed by atoms with E-state index in [-0.39, 0.29) is 43.1 Å². The van der Waals surface area contributed by atoms with Crippen molar-refractivity contribution < 1.29 is 47.7 Å². The Labute approximate surface area is 525 Å². The zero-order valence-electron chi connectivity index (χ0n) is 52.0. The van der Waals surface area contributed by atoms with Crippen LogP contribution in [0.2, 0.25) is 0 Å². The first-order valence-corrected chi connectivity index (χ1v) is 32.5. The third kappa shape index (κ3) is 17.5. The number of hydrogen-bond donors (Lipinski definition) is 5. The van der Waals surface area contributed by atoms with E-state index in [9.17, 15) is 38.3 Å². The number of piperazine rings is 1. The molecule has 3 aliphatic rings. The molecule has 2 saturated heterocycles. The number of ether oxygens (including phenoxy) is 2. The maximum atomic E-state index is 14.1. The van der Waals surface area contributed by atoms with E-state index in [0.717, 1.165) is 96.1 Å². The summed E-state index contributed by atoms with van der Waals surface area (Å²) in [6.45, 7) is 10.6. The van der Waals surface area contributed by atoms with Gasteiger partial charge in [0.15, 0.2) is 0 Å². The second-order valence-electron chi connectivity index (χ2n) is 25.0. The number of benzene rings is 4. The van der Waals surface area contributed by atoms with E-state index in [1.165, 1.54) is 48.4 Å². The van der Waals surface area contributed by atoms with Crippen molar-refractivity contribution in [1.82, 2.24) is 30.4 Å². The minimum atomic E-state index is -1.18. The third-order valence-corrected chi connectivity index (χ3v) is 18.3. The maximum absolute atomic E-state index is 14.1. The number of carbonyl (C=O) groups excluding carboxylic acids is 6. The fourth-order valence-corrected chi connectivity index (χ4v) is 12.6. The number of halogens is 1. The lowest BCUT2D eigenvalue weighted by molar-refractivity contribution is -0.144. The fourth-order valence-electron chi connectivity index (χ4n) is 11.8. The van der Waals surface area contributed by atoms with Crippen molar-refractivity contribution >= 4 is 74.7 Å². The Morgan fingerprint density at radius 1 is 0.742 bits per heavy atom. The zero-order chi connectivity index (χ0) is 63.1. The van der Waals surface area contributed by atoms with Gasteiger partial charge in [0, 0.05) is 81.5 Å². The van der Waals surface area contributed by atoms with Crippen LogP contribution in [0.1, 0.15) is 141 Å². The summed E-state index contributed by atoms with van der Waals surface area (Å²) in [6, 6.07) is 24.3. The number of hydrogen-bond acceptors (Lipinski definition) is 13. The molecule has 1 aliphatic carbocycles. The molecule has 6 amide bonds. The van der Waals surface area contributed by atoms with E-state index >= 15 is 0 Å². The molecule has 3 atom stereocenters. The van der Waals surface area contributed by atoms with E-state index in [4.69, 9.17) is 9.47 Å². The highest BCUT2D eigenvalue weighted by atomic mass is 32.1. The number of thiazole rings is 1. The Hall–Kier alpha value is -7.97. The van der Waals surface area contributed by atoms with Gasteiger partial charge in [-0.25, -0.2) is 9.37 Å². The monoisotopic (exact) mass is 1240 g/mol. The van der Waals surface area contributed by atoms with Crippen molar-refractivity contribution in [3.8, 4) is 27.7 Å². The lowest BCUT2D eigenvalue weighted by Crippen LogP contribution is -2.57. The fraction of sp³-hybridized carbons (Fsp3) is 0.478. The number of likely N-dealkylation sites (tertiary alicyclic amines) is 1. The molecule has 89 heavy (non-hydrogen) atoms. The molecule has 3 fully saturated rings. The smallest absolute Gasteiger partial charge is 0.246 e. The van der Waals surface area contributed by atoms with Crippen LogP contribution in [0.25, 0.3) is 21.3 Å². The Kier molecular flexibility index (Phi) is 22.4. The van der Waals surface area contributed by atoms with E-state index in [0.29, 0.717) is 80.5 Å². The lowest BCUT2D eigenvalue weighted by atomic mass is 9.85. The Morgan fingerprint density at radius 2 is 1.34 bits per heavy atom. The maximum Gasteiger partial charge on any atom is 0.246 e. The number of nitrogens with one attached hydrogen (secondary N) is 4. The van der Waals surface area contributed by atoms with Crippen LogP contribution in [0.4, 0.5) is 21.5 Å². The molecule has 1 saturated carbocycles. The van der Waals surface area contributed by atoms with E-state index in [1.807, 2.05) is 74.5 Å². The molecule has 4 aromatic carbocycles. The van der Waals surface area contributed by atoms with Crippen LogP contribution in [0, 0.1) is 23.6 Å². The number of aromatic nitrogens is 2. The van der Waals surface area contributed by atoms with Crippen LogP contribution in [0.5, 0.6) is 17.2 Å². The molecule has 5 N–H and O–H groups in total. The van der Waals surface area contributed by atoms with Crippen LogP contribution < -0.4 is 35.6 Å². The van der Waals surface area contributed by atoms with Gasteiger partial charge < -0.3 is 50.5 Å². The number of carbonyl (C=O) groups is 6. The highest BCUT2D eigenvalue weighted by Gasteiger charge is 2.56. The summed E-state index contributed by atoms with van der Waals surface area (Å²) >= 11 is 1.58. The molecule has 0 unspecified atom stereocenters. The number of β-amino-alcohol motifs (C(OH)–C–C–N with tert-alkyl or cyclic N) is 1. The number of methoxy groups -OCH3 is 1. The highest BCUT2D eigenvalue weighted by molar-refractivity contribution is 7.13. The quantitative estimate of drug-likeness (QED) is 0.0218. The molecule has 2 aliphatic heterocycles. The minimum Gasteiger partial charge on any atom is -0.495 e. The van der Waals surface area contributed by atoms with Crippen LogP contribution in [-0.2, 0) is 35.3 Å². The molecular formula is C69H86FN9O9S. The molecule has 0 spiro atoms. The van der Waals surface area contributed by atoms with Crippen LogP contribution in [0.15, 0.2) is 103 Å². The average molecular weight is 1240 g/mol. The first kappa shape index (κ1) is 65.5. The topological polar surface area (TPSA) is 225 Å². The first-order chi connectivity index (χ1) is 42.9. The van der Waals surface area contributed by atoms with Crippen LogP contribution in [-0.4, -0.2) is 118 Å². The Bertz CT molecular complexity index is 3400. The van der Waals surface area contributed by atoms with Crippen molar-refractivity contribution in [2.24, 2.45) is 10.8 Å². The summed E-state index contributed by atoms with van der Waals surface area (Å²) in [4.78, 5) is 96.1. The van der Waals surface area contributed by atoms with Gasteiger partial charge in [0.2, 0.25) is 35.4 Å². The summed E-state index contributed by atoms with van der Waals surface area (Å²) in [7, 11) is 1.64. The molecular weight excluding hydrogens is 1150 g/mol. The van der Waals surface area contributed by atoms with E-state index in [1.54, 1.807) is 55.0 Å². The Balaban J connectivity index is 0.607. The molecule has 0 bridgehead atoms. The minimum absolute atomic E-state index is 0.0324. The summed E-state index contributed by atoms with van der Waals surface area (Å²) < 4.78 is 25.6. The van der Waals surface area contributed by atoms with Gasteiger partial charge in [-0.2, -0.15) is 0 Å². The van der Waals surface area contributed by atoms with E-state index in [2.05, 4.69) is 36.1 Å². The predicted molar refractivity (Wildman–Crippen MR) is 345 cm³/mol. The van der Waals surface area contributed by atoms with Gasteiger partial charge in [-0.15, -0.1) is 11.3 Å². The summed E-state index contributed by atoms with van der Waals surface area (Å²) in [5.74, 6) is -0.144. The molecule has 474 valence electrons. The molecule has 6 aromatic rings. The van der Waals surface area contributed by atoms with Gasteiger partial charge in [0.1, 0.15) is 40.6 Å². The number of fused-ring (bicyclic) bond motifs is 1. The molecule has 0 radical (unpaired) electrons. The van der Waals surface area contributed by atoms with E-state index < -0.39 is 46.6 Å². The molecule has 18 nitrogen and oxygen atoms in total. The molecule has 20 heteroatoms. The molecule has 9 rings (SSSR count). The van der Waals surface area contributed by atoms with Gasteiger partial charge >= 0.3 is 0 Å². The SMILES string of the molecule is COc1cc2c(Oc3ccc(NC(=O)C4(C(=O)Nc5ccc(F)cc5)CC4)cc3)ccnc2cc1N1CCN(C(=O)CCCCCCCCCCCCCCC(=O)N[C@H](C(=O)N2C[C@H](O)C[C@H]2C(=O)NCc2ccc(-c3scnc3C)cc2)C(C)(C)C)CC1. The number of aryl methyl sites for hydroxylation is 1. The second kappa shape index (κ2) is 30.5. The average Bonchev–Trinajstić information content (AvgIpc) is 1.84. The predicted octanol–water partition coefficient (Wildman–Crippen LogP) is 11.9. The normalized spacial score (nSPS) is 16.6. The number of aliphatic hydroxyl groups excluding tert-OH is 1. The van der Waals surface area contributed by atoms with Gasteiger partial charge in [-0.1, -0.05) is 109 Å². The largest absolute Gasteiger partial charge is 0.495 e. The summed E-state index contributed by atoms with van der Waals surface area (Å²) in [5.41, 5.74) is 5.53. The van der Waals surface area contributed by atoms with Crippen molar-refractivity contribution in [2.45, 2.75) is 162 Å². The van der Waals surface area contributed by atoms with Crippen molar-refractivity contribution in [3.63, 3.8) is 0 Å². The number of pyridine rings is 1. The van der Waals surface area contributed by atoms with Gasteiger partial charge in [0.25, 0.3) is 0 Å². The van der Waals surface area contributed by atoms with Crippen molar-refractivity contribution in [2.75, 3.05) is 55.4 Å². The summed E-state index contributed by atoms with van der Waals surface area (Å²) in [5, 5.41) is 22.9. The lowest BCUT2D eigenvalue weighted by Gasteiger charge is -2.36. The zero-order valence-corrected chi connectivity index (χ0v) is 52.9.